The first-order valence-electron chi connectivity index (χ1n) is 20.8. The van der Waals surface area contributed by atoms with Gasteiger partial charge in [0.15, 0.2) is 0 Å². The van der Waals surface area contributed by atoms with E-state index < -0.39 is 88.2 Å². The molecule has 1 aliphatic carbocycles. The third kappa shape index (κ3) is 14.1. The Morgan fingerprint density at radius 2 is 1.55 bits per heavy atom. The summed E-state index contributed by atoms with van der Waals surface area (Å²) in [6.45, 7) is 5.83. The second kappa shape index (κ2) is 22.8. The van der Waals surface area contributed by atoms with Gasteiger partial charge < -0.3 is 42.0 Å². The highest BCUT2D eigenvalue weighted by Gasteiger charge is 2.46. The van der Waals surface area contributed by atoms with Gasteiger partial charge in [-0.25, -0.2) is 17.9 Å². The molecule has 4 rings (SSSR count). The second-order valence-electron chi connectivity index (χ2n) is 16.0. The summed E-state index contributed by atoms with van der Waals surface area (Å²) in [6, 6.07) is 7.44. The number of sulfonamides is 1. The molecule has 1 aliphatic heterocycles. The number of rotatable bonds is 20. The fourth-order valence-corrected chi connectivity index (χ4v) is 8.71. The molecule has 0 bridgehead atoms. The van der Waals surface area contributed by atoms with Gasteiger partial charge in [0.2, 0.25) is 45.3 Å². The maximum absolute atomic E-state index is 14.6. The monoisotopic (exact) mass is 882 g/mol. The van der Waals surface area contributed by atoms with Gasteiger partial charge in [0, 0.05) is 25.2 Å². The summed E-state index contributed by atoms with van der Waals surface area (Å²) < 4.78 is 35.2. The van der Waals surface area contributed by atoms with Crippen LogP contribution in [-0.2, 0) is 48.3 Å². The minimum Gasteiger partial charge on any atom is -0.449 e. The quantitative estimate of drug-likeness (QED) is 0.0937. The molecule has 1 heterocycles. The number of carbonyl (C=O) groups excluding carboxylic acids is 8. The Morgan fingerprint density at radius 1 is 0.887 bits per heavy atom. The summed E-state index contributed by atoms with van der Waals surface area (Å²) in [5.74, 6) is -6.11. The Morgan fingerprint density at radius 3 is 2.15 bits per heavy atom. The van der Waals surface area contributed by atoms with E-state index in [2.05, 4.69) is 31.3 Å². The highest BCUT2D eigenvalue weighted by molar-refractivity contribution is 7.89. The SMILES string of the molecule is CCCC(NC(=O)C1C[C@@H](NS(=O)(=O)c2ccc(NC(C)=O)cc2)CN1C(=O)[C@@H](NC(=O)OCC(C)C)C1CCCCC1)C(=O)C(=O)NCC(=O)N[C@H](C(N)=O)c1ccccc1. The van der Waals surface area contributed by atoms with E-state index in [0.717, 1.165) is 19.3 Å². The molecule has 8 N–H and O–H groups in total. The van der Waals surface area contributed by atoms with E-state index in [0.29, 0.717) is 30.5 Å². The number of nitrogens with one attached hydrogen (secondary N) is 6. The Balaban J connectivity index is 1.55. The summed E-state index contributed by atoms with van der Waals surface area (Å²) in [6.07, 6.45) is 3.00. The molecular weight excluding hydrogens is 825 g/mol. The topological polar surface area (TPSA) is 281 Å². The molecule has 19 nitrogen and oxygen atoms in total. The maximum Gasteiger partial charge on any atom is 0.407 e. The number of likely N-dealkylation sites (tertiary alicyclic amines) is 1. The van der Waals surface area contributed by atoms with Crippen LogP contribution in [0.15, 0.2) is 59.5 Å². The lowest BCUT2D eigenvalue weighted by Crippen LogP contribution is -2.58. The van der Waals surface area contributed by atoms with Gasteiger partial charge in [-0.3, -0.25) is 33.6 Å². The molecule has 0 radical (unpaired) electrons. The number of hydrogen-bond acceptors (Lipinski definition) is 11. The number of anilines is 1. The van der Waals surface area contributed by atoms with Gasteiger partial charge >= 0.3 is 6.09 Å². The number of amides is 7. The minimum atomic E-state index is -4.25. The van der Waals surface area contributed by atoms with Crippen LogP contribution in [0, 0.1) is 11.8 Å². The van der Waals surface area contributed by atoms with Gasteiger partial charge in [-0.1, -0.05) is 76.8 Å². The Hall–Kier alpha value is -5.89. The molecule has 338 valence electrons. The molecule has 1 saturated carbocycles. The van der Waals surface area contributed by atoms with E-state index in [9.17, 15) is 46.8 Å². The van der Waals surface area contributed by atoms with Crippen molar-refractivity contribution in [3.05, 3.63) is 60.2 Å². The van der Waals surface area contributed by atoms with Gasteiger partial charge in [-0.05, 0) is 67.3 Å². The van der Waals surface area contributed by atoms with Crippen molar-refractivity contribution in [2.75, 3.05) is 25.0 Å². The Labute approximate surface area is 361 Å². The largest absolute Gasteiger partial charge is 0.449 e. The van der Waals surface area contributed by atoms with Gasteiger partial charge in [-0.2, -0.15) is 0 Å². The molecule has 0 aromatic heterocycles. The number of carbonyl (C=O) groups is 8. The third-order valence-electron chi connectivity index (χ3n) is 10.5. The van der Waals surface area contributed by atoms with E-state index in [1.165, 1.54) is 36.1 Å². The lowest BCUT2D eigenvalue weighted by molar-refractivity contribution is -0.143. The van der Waals surface area contributed by atoms with Crippen LogP contribution in [0.3, 0.4) is 0 Å². The van der Waals surface area contributed by atoms with Crippen molar-refractivity contribution in [3.63, 3.8) is 0 Å². The average molecular weight is 883 g/mol. The van der Waals surface area contributed by atoms with Crippen LogP contribution in [0.4, 0.5) is 10.5 Å². The number of Topliss-reactive ketones (excluding diaryl/α,β-unsaturated/α-hetero) is 1. The van der Waals surface area contributed by atoms with Gasteiger partial charge in [-0.15, -0.1) is 0 Å². The number of ketones is 1. The van der Waals surface area contributed by atoms with Crippen molar-refractivity contribution in [3.8, 4) is 0 Å². The first-order chi connectivity index (χ1) is 29.4. The van der Waals surface area contributed by atoms with Crippen LogP contribution in [-0.4, -0.2) is 105 Å². The third-order valence-corrected chi connectivity index (χ3v) is 12.0. The minimum absolute atomic E-state index is 0.0125. The molecule has 0 spiro atoms. The first-order valence-corrected chi connectivity index (χ1v) is 22.3. The number of primary amides is 1. The number of benzene rings is 2. The van der Waals surface area contributed by atoms with Gasteiger partial charge in [0.25, 0.3) is 5.91 Å². The Bertz CT molecular complexity index is 2040. The molecule has 2 aromatic rings. The molecule has 2 unspecified atom stereocenters. The molecule has 2 aromatic carbocycles. The zero-order valence-corrected chi connectivity index (χ0v) is 36.3. The molecule has 62 heavy (non-hydrogen) atoms. The summed E-state index contributed by atoms with van der Waals surface area (Å²) >= 11 is 0. The van der Waals surface area contributed by atoms with E-state index in [4.69, 9.17) is 10.5 Å². The molecule has 1 saturated heterocycles. The van der Waals surface area contributed by atoms with Crippen molar-refractivity contribution >= 4 is 63.0 Å². The predicted molar refractivity (Wildman–Crippen MR) is 226 cm³/mol. The number of alkyl carbamates (subject to hydrolysis) is 1. The first kappa shape index (κ1) is 48.8. The standard InChI is InChI=1S/C42H58N8O11S/c1-5-12-32(37(53)40(56)44-22-34(52)47-35(38(43)54)27-13-8-6-9-14-27)46-39(55)33-21-30(49-62(59,60)31-19-17-29(18-20-31)45-26(4)51)23-50(33)41(57)36(28-15-10-7-11-16-28)48-42(58)61-24-25(2)3/h6,8-9,13-14,17-20,25,28,30,32-33,35-36,49H,5,7,10-12,15-16,21-24H2,1-4H3,(H2,43,54)(H,44,56)(H,45,51)(H,46,55)(H,47,52)(H,48,58)/t30-,32?,33?,35+,36+/m1/s1. The van der Waals surface area contributed by atoms with Crippen LogP contribution in [0.5, 0.6) is 0 Å². The van der Waals surface area contributed by atoms with E-state index in [1.54, 1.807) is 37.3 Å². The van der Waals surface area contributed by atoms with Crippen molar-refractivity contribution in [1.82, 2.24) is 30.9 Å². The van der Waals surface area contributed by atoms with E-state index in [1.807, 2.05) is 13.8 Å². The average Bonchev–Trinajstić information content (AvgIpc) is 3.66. The number of nitrogens with two attached hydrogens (primary N) is 1. The van der Waals surface area contributed by atoms with Crippen molar-refractivity contribution in [1.29, 1.82) is 0 Å². The molecule has 20 heteroatoms. The summed E-state index contributed by atoms with van der Waals surface area (Å²) in [4.78, 5) is 106. The Kier molecular flexibility index (Phi) is 17.9. The molecule has 5 atom stereocenters. The smallest absolute Gasteiger partial charge is 0.407 e. The van der Waals surface area contributed by atoms with Crippen LogP contribution in [0.25, 0.3) is 0 Å². The zero-order valence-electron chi connectivity index (χ0n) is 35.4. The number of nitrogens with zero attached hydrogens (tertiary/aromatic N) is 1. The maximum atomic E-state index is 14.6. The molecule has 2 aliphatic rings. The lowest BCUT2D eigenvalue weighted by atomic mass is 9.83. The van der Waals surface area contributed by atoms with Gasteiger partial charge in [0.05, 0.1) is 24.1 Å². The van der Waals surface area contributed by atoms with Crippen LogP contribution in [0.2, 0.25) is 0 Å². The summed E-state index contributed by atoms with van der Waals surface area (Å²) in [7, 11) is -4.25. The predicted octanol–water partition coefficient (Wildman–Crippen LogP) is 1.54. The number of ether oxygens (including phenoxy) is 1. The van der Waals surface area contributed by atoms with Gasteiger partial charge in [0.1, 0.15) is 18.1 Å². The molecule has 2 fully saturated rings. The molecular formula is C42H58N8O11S. The summed E-state index contributed by atoms with van der Waals surface area (Å²) in [5, 5.41) is 12.5. The van der Waals surface area contributed by atoms with Crippen LogP contribution in [0.1, 0.15) is 90.7 Å². The normalized spacial score (nSPS) is 18.1. The lowest BCUT2D eigenvalue weighted by Gasteiger charge is -2.34. The highest BCUT2D eigenvalue weighted by atomic mass is 32.2. The summed E-state index contributed by atoms with van der Waals surface area (Å²) in [5.41, 5.74) is 6.24. The zero-order chi connectivity index (χ0) is 45.6. The second-order valence-corrected chi connectivity index (χ2v) is 17.7. The van der Waals surface area contributed by atoms with Crippen molar-refractivity contribution in [2.24, 2.45) is 17.6 Å². The van der Waals surface area contributed by atoms with Crippen molar-refractivity contribution < 1.29 is 51.5 Å². The van der Waals surface area contributed by atoms with Crippen LogP contribution < -0.4 is 37.0 Å². The molecule has 7 amide bonds. The fourth-order valence-electron chi connectivity index (χ4n) is 7.47. The fraction of sp³-hybridized carbons (Fsp3) is 0.524. The number of hydrogen-bond donors (Lipinski definition) is 7. The van der Waals surface area contributed by atoms with Crippen LogP contribution >= 0.6 is 0 Å². The van der Waals surface area contributed by atoms with Crippen molar-refractivity contribution in [2.45, 2.75) is 114 Å². The van der Waals surface area contributed by atoms with E-state index in [-0.39, 0.29) is 48.6 Å². The van der Waals surface area contributed by atoms with E-state index >= 15 is 0 Å². The highest BCUT2D eigenvalue weighted by Crippen LogP contribution is 2.30.